The Morgan fingerprint density at radius 3 is 2.75 bits per heavy atom. The van der Waals surface area contributed by atoms with Crippen molar-refractivity contribution in [3.05, 3.63) is 39.4 Å². The Morgan fingerprint density at radius 1 is 1.30 bits per heavy atom. The Balaban J connectivity index is 2.02. The van der Waals surface area contributed by atoms with Gasteiger partial charge in [-0.2, -0.15) is 11.3 Å². The Bertz CT molecular complexity index is 632. The zero-order chi connectivity index (χ0) is 14.6. The third kappa shape index (κ3) is 4.13. The van der Waals surface area contributed by atoms with Gasteiger partial charge in [-0.1, -0.05) is 0 Å². The average Bonchev–Trinajstić information content (AvgIpc) is 3.00. The van der Waals surface area contributed by atoms with Gasteiger partial charge in [0.25, 0.3) is 0 Å². The van der Waals surface area contributed by atoms with E-state index in [1.165, 1.54) is 11.3 Å². The van der Waals surface area contributed by atoms with E-state index in [2.05, 4.69) is 10.0 Å². The van der Waals surface area contributed by atoms with Crippen LogP contribution in [0.4, 0.5) is 0 Å². The van der Waals surface area contributed by atoms with Crippen molar-refractivity contribution >= 4 is 32.7 Å². The maximum absolute atomic E-state index is 12.3. The van der Waals surface area contributed by atoms with Crippen LogP contribution >= 0.6 is 22.7 Å². The standard InChI is InChI=1S/C13H18N2O2S3/c1-10(5-11-3-4-18-8-11)15-20(16,17)13-6-12(7-14-2)9-19-13/h3-4,6,8-10,14-15H,5,7H2,1-2H3. The minimum absolute atomic E-state index is 0.121. The number of hydrogen-bond donors (Lipinski definition) is 2. The highest BCUT2D eigenvalue weighted by Crippen LogP contribution is 2.20. The molecule has 4 nitrogen and oxygen atoms in total. The Kier molecular flexibility index (Phi) is 5.34. The molecule has 2 aromatic heterocycles. The van der Waals surface area contributed by atoms with Crippen molar-refractivity contribution in [1.29, 1.82) is 0 Å². The molecule has 0 aliphatic heterocycles. The minimum Gasteiger partial charge on any atom is -0.316 e. The van der Waals surface area contributed by atoms with E-state index in [-0.39, 0.29) is 6.04 Å². The summed E-state index contributed by atoms with van der Waals surface area (Å²) in [5.41, 5.74) is 2.15. The summed E-state index contributed by atoms with van der Waals surface area (Å²) in [5, 5.41) is 8.92. The summed E-state index contributed by atoms with van der Waals surface area (Å²) in [5.74, 6) is 0. The van der Waals surface area contributed by atoms with Crippen molar-refractivity contribution in [2.24, 2.45) is 0 Å². The van der Waals surface area contributed by atoms with Crippen molar-refractivity contribution < 1.29 is 8.42 Å². The molecular formula is C13H18N2O2S3. The molecule has 1 atom stereocenters. The first-order chi connectivity index (χ1) is 9.51. The van der Waals surface area contributed by atoms with Crippen LogP contribution in [0.15, 0.2) is 32.5 Å². The van der Waals surface area contributed by atoms with Crippen LogP contribution < -0.4 is 10.0 Å². The highest BCUT2D eigenvalue weighted by molar-refractivity contribution is 7.91. The summed E-state index contributed by atoms with van der Waals surface area (Å²) < 4.78 is 27.6. The molecule has 2 rings (SSSR count). The zero-order valence-corrected chi connectivity index (χ0v) is 13.9. The summed E-state index contributed by atoms with van der Waals surface area (Å²) in [4.78, 5) is 0. The van der Waals surface area contributed by atoms with E-state index in [0.717, 1.165) is 11.1 Å². The Hall–Kier alpha value is -0.730. The second-order valence-electron chi connectivity index (χ2n) is 4.66. The van der Waals surface area contributed by atoms with Crippen LogP contribution in [-0.2, 0) is 23.0 Å². The molecule has 20 heavy (non-hydrogen) atoms. The van der Waals surface area contributed by atoms with Crippen molar-refractivity contribution in [3.63, 3.8) is 0 Å². The van der Waals surface area contributed by atoms with E-state index in [0.29, 0.717) is 17.2 Å². The van der Waals surface area contributed by atoms with Gasteiger partial charge in [0.1, 0.15) is 4.21 Å². The quantitative estimate of drug-likeness (QED) is 0.820. The lowest BCUT2D eigenvalue weighted by Gasteiger charge is -2.12. The second kappa shape index (κ2) is 6.82. The SMILES string of the molecule is CNCc1csc(S(=O)(=O)NC(C)Cc2ccsc2)c1. The number of hydrogen-bond acceptors (Lipinski definition) is 5. The first kappa shape index (κ1) is 15.7. The fraction of sp³-hybridized carbons (Fsp3) is 0.385. The zero-order valence-electron chi connectivity index (χ0n) is 11.4. The lowest BCUT2D eigenvalue weighted by molar-refractivity contribution is 0.562. The third-order valence-electron chi connectivity index (χ3n) is 2.75. The summed E-state index contributed by atoms with van der Waals surface area (Å²) in [6.45, 7) is 2.56. The van der Waals surface area contributed by atoms with Gasteiger partial charge in [-0.3, -0.25) is 0 Å². The number of rotatable bonds is 7. The molecular weight excluding hydrogens is 312 g/mol. The molecule has 0 saturated carbocycles. The van der Waals surface area contributed by atoms with E-state index >= 15 is 0 Å². The molecule has 2 N–H and O–H groups in total. The van der Waals surface area contributed by atoms with Crippen molar-refractivity contribution in [3.8, 4) is 0 Å². The molecule has 2 heterocycles. The maximum Gasteiger partial charge on any atom is 0.250 e. The average molecular weight is 330 g/mol. The lowest BCUT2D eigenvalue weighted by Crippen LogP contribution is -2.33. The van der Waals surface area contributed by atoms with Gasteiger partial charge in [0.15, 0.2) is 0 Å². The van der Waals surface area contributed by atoms with Crippen LogP contribution in [0.5, 0.6) is 0 Å². The molecule has 0 aliphatic carbocycles. The first-order valence-corrected chi connectivity index (χ1v) is 9.57. The van der Waals surface area contributed by atoms with E-state index in [4.69, 9.17) is 0 Å². The van der Waals surface area contributed by atoms with Crippen LogP contribution in [-0.4, -0.2) is 21.5 Å². The third-order valence-corrected chi connectivity index (χ3v) is 6.56. The van der Waals surface area contributed by atoms with Crippen molar-refractivity contribution in [2.45, 2.75) is 30.1 Å². The summed E-state index contributed by atoms with van der Waals surface area (Å²) in [6, 6.07) is 3.62. The molecule has 0 fully saturated rings. The predicted octanol–water partition coefficient (Wildman–Crippen LogP) is 2.44. The van der Waals surface area contributed by atoms with Crippen LogP contribution in [0.1, 0.15) is 18.1 Å². The topological polar surface area (TPSA) is 58.2 Å². The second-order valence-corrected chi connectivity index (χ2v) is 8.29. The van der Waals surface area contributed by atoms with Crippen LogP contribution in [0, 0.1) is 0 Å². The monoisotopic (exact) mass is 330 g/mol. The van der Waals surface area contributed by atoms with Crippen LogP contribution in [0.2, 0.25) is 0 Å². The van der Waals surface area contributed by atoms with E-state index in [1.54, 1.807) is 17.4 Å². The maximum atomic E-state index is 12.3. The Labute approximate surface area is 127 Å². The van der Waals surface area contributed by atoms with Gasteiger partial charge >= 0.3 is 0 Å². The molecule has 2 aromatic rings. The van der Waals surface area contributed by atoms with Gasteiger partial charge in [0.2, 0.25) is 10.0 Å². The summed E-state index contributed by atoms with van der Waals surface area (Å²) in [7, 11) is -1.58. The van der Waals surface area contributed by atoms with Crippen molar-refractivity contribution in [1.82, 2.24) is 10.0 Å². The fourth-order valence-corrected chi connectivity index (χ4v) is 5.07. The van der Waals surface area contributed by atoms with E-state index in [9.17, 15) is 8.42 Å². The highest BCUT2D eigenvalue weighted by atomic mass is 32.2. The molecule has 0 aliphatic rings. The predicted molar refractivity (Wildman–Crippen MR) is 84.9 cm³/mol. The van der Waals surface area contributed by atoms with Crippen LogP contribution in [0.3, 0.4) is 0 Å². The van der Waals surface area contributed by atoms with Gasteiger partial charge in [0, 0.05) is 12.6 Å². The molecule has 0 spiro atoms. The van der Waals surface area contributed by atoms with Gasteiger partial charge in [-0.15, -0.1) is 11.3 Å². The van der Waals surface area contributed by atoms with Crippen molar-refractivity contribution in [2.75, 3.05) is 7.05 Å². The largest absolute Gasteiger partial charge is 0.316 e. The number of thiophene rings is 2. The number of sulfonamides is 1. The van der Waals surface area contributed by atoms with Gasteiger partial charge in [0.05, 0.1) is 0 Å². The van der Waals surface area contributed by atoms with Crippen LogP contribution in [0.25, 0.3) is 0 Å². The summed E-state index contributed by atoms with van der Waals surface area (Å²) >= 11 is 2.88. The molecule has 0 bridgehead atoms. The molecule has 0 saturated heterocycles. The van der Waals surface area contributed by atoms with Gasteiger partial charge < -0.3 is 5.32 Å². The Morgan fingerprint density at radius 2 is 2.10 bits per heavy atom. The van der Waals surface area contributed by atoms with E-state index in [1.807, 2.05) is 36.2 Å². The molecule has 7 heteroatoms. The highest BCUT2D eigenvalue weighted by Gasteiger charge is 2.19. The van der Waals surface area contributed by atoms with Gasteiger partial charge in [-0.05, 0) is 59.8 Å². The molecule has 110 valence electrons. The summed E-state index contributed by atoms with van der Waals surface area (Å²) in [6.07, 6.45) is 0.706. The minimum atomic E-state index is -3.42. The smallest absolute Gasteiger partial charge is 0.250 e. The van der Waals surface area contributed by atoms with Gasteiger partial charge in [-0.25, -0.2) is 13.1 Å². The van der Waals surface area contributed by atoms with E-state index < -0.39 is 10.0 Å². The number of nitrogens with one attached hydrogen (secondary N) is 2. The molecule has 0 aromatic carbocycles. The molecule has 1 unspecified atom stereocenters. The lowest BCUT2D eigenvalue weighted by atomic mass is 10.1. The molecule has 0 radical (unpaired) electrons. The molecule has 0 amide bonds. The fourth-order valence-electron chi connectivity index (χ4n) is 1.92. The first-order valence-electron chi connectivity index (χ1n) is 6.26. The normalized spacial score (nSPS) is 13.5.